The van der Waals surface area contributed by atoms with Gasteiger partial charge in [0.15, 0.2) is 5.88 Å². The Hall–Kier alpha value is -3.57. The maximum Gasteiger partial charge on any atom is 0.337 e. The van der Waals surface area contributed by atoms with Crippen LogP contribution in [-0.4, -0.2) is 28.9 Å². The van der Waals surface area contributed by atoms with E-state index in [-0.39, 0.29) is 5.88 Å². The number of halogens is 1. The lowest BCUT2D eigenvalue weighted by molar-refractivity contribution is 0.0601. The van der Waals surface area contributed by atoms with E-state index in [9.17, 15) is 9.90 Å². The average Bonchev–Trinajstić information content (AvgIpc) is 3.08. The molecule has 0 spiro atoms. The largest absolute Gasteiger partial charge is 0.494 e. The number of nitrogens with zero attached hydrogens (tertiary/aromatic N) is 1. The summed E-state index contributed by atoms with van der Waals surface area (Å²) in [6.45, 7) is 0. The van der Waals surface area contributed by atoms with Crippen LogP contribution in [0.15, 0.2) is 77.8 Å². The molecular weight excluding hydrogens is 388 g/mol. The van der Waals surface area contributed by atoms with Crippen molar-refractivity contribution >= 4 is 39.9 Å². The fourth-order valence-corrected chi connectivity index (χ4v) is 3.30. The zero-order valence-electron chi connectivity index (χ0n) is 15.5. The quantitative estimate of drug-likeness (QED) is 0.349. The molecule has 6 heteroatoms. The van der Waals surface area contributed by atoms with Crippen LogP contribution in [0.5, 0.6) is 5.88 Å². The number of aliphatic imine (C=N–C) groups is 1. The zero-order valence-corrected chi connectivity index (χ0v) is 16.3. The number of benzene rings is 3. The van der Waals surface area contributed by atoms with Gasteiger partial charge in [-0.3, -0.25) is 0 Å². The van der Waals surface area contributed by atoms with Crippen molar-refractivity contribution in [3.05, 3.63) is 94.5 Å². The number of carbonyl (C=O) groups is 1. The first-order valence-corrected chi connectivity index (χ1v) is 9.27. The van der Waals surface area contributed by atoms with Gasteiger partial charge in [0.2, 0.25) is 0 Å². The maximum absolute atomic E-state index is 11.8. The van der Waals surface area contributed by atoms with E-state index in [4.69, 9.17) is 21.3 Å². The number of H-pyrrole nitrogens is 1. The van der Waals surface area contributed by atoms with Gasteiger partial charge < -0.3 is 14.8 Å². The van der Waals surface area contributed by atoms with E-state index in [2.05, 4.69) is 4.98 Å². The number of esters is 1. The number of methoxy groups -OCH3 is 1. The molecule has 1 aromatic heterocycles. The van der Waals surface area contributed by atoms with Crippen LogP contribution in [0.2, 0.25) is 5.02 Å². The molecule has 0 saturated carbocycles. The Bertz CT molecular complexity index is 1210. The summed E-state index contributed by atoms with van der Waals surface area (Å²) in [5, 5.41) is 12.1. The van der Waals surface area contributed by atoms with Gasteiger partial charge in [-0.1, -0.05) is 48.0 Å². The topological polar surface area (TPSA) is 74.7 Å². The molecule has 0 bridgehead atoms. The number of rotatable bonds is 4. The lowest BCUT2D eigenvalue weighted by Gasteiger charge is -2.08. The predicted octanol–water partition coefficient (Wildman–Crippen LogP) is 5.48. The second-order valence-corrected chi connectivity index (χ2v) is 6.84. The molecule has 0 aliphatic rings. The van der Waals surface area contributed by atoms with Gasteiger partial charge >= 0.3 is 5.97 Å². The molecule has 0 aliphatic carbocycles. The van der Waals surface area contributed by atoms with Crippen molar-refractivity contribution in [1.29, 1.82) is 0 Å². The Morgan fingerprint density at radius 1 is 1.00 bits per heavy atom. The minimum Gasteiger partial charge on any atom is -0.494 e. The van der Waals surface area contributed by atoms with Gasteiger partial charge in [0.05, 0.1) is 29.6 Å². The van der Waals surface area contributed by atoms with Gasteiger partial charge in [0.1, 0.15) is 0 Å². The number of aromatic nitrogens is 1. The number of aromatic amines is 1. The van der Waals surface area contributed by atoms with Crippen LogP contribution < -0.4 is 0 Å². The van der Waals surface area contributed by atoms with Crippen LogP contribution in [0.4, 0.5) is 5.69 Å². The number of fused-ring (bicyclic) bond motifs is 1. The van der Waals surface area contributed by atoms with Gasteiger partial charge in [0.25, 0.3) is 0 Å². The first-order chi connectivity index (χ1) is 14.1. The van der Waals surface area contributed by atoms with E-state index < -0.39 is 5.97 Å². The fourth-order valence-electron chi connectivity index (χ4n) is 3.17. The molecule has 0 saturated heterocycles. The molecule has 4 aromatic rings. The molecule has 0 fully saturated rings. The fraction of sp³-hybridized carbons (Fsp3) is 0.0435. The lowest BCUT2D eigenvalue weighted by Crippen LogP contribution is -2.03. The Balaban J connectivity index is 1.93. The molecule has 1 heterocycles. The summed E-state index contributed by atoms with van der Waals surface area (Å²) < 4.78 is 4.78. The van der Waals surface area contributed by atoms with Crippen LogP contribution in [0, 0.1) is 0 Å². The first kappa shape index (κ1) is 18.8. The molecule has 0 radical (unpaired) electrons. The maximum atomic E-state index is 11.8. The summed E-state index contributed by atoms with van der Waals surface area (Å²) in [5.74, 6) is -0.473. The van der Waals surface area contributed by atoms with E-state index in [0.29, 0.717) is 33.1 Å². The highest BCUT2D eigenvalue weighted by Gasteiger charge is 2.19. The third-order valence-corrected chi connectivity index (χ3v) is 4.80. The van der Waals surface area contributed by atoms with Gasteiger partial charge in [-0.2, -0.15) is 0 Å². The number of carbonyl (C=O) groups excluding carboxylic acids is 1. The van der Waals surface area contributed by atoms with Crippen molar-refractivity contribution in [3.63, 3.8) is 0 Å². The third-order valence-electron chi connectivity index (χ3n) is 4.55. The molecule has 2 N–H and O–H groups in total. The predicted molar refractivity (Wildman–Crippen MR) is 114 cm³/mol. The summed E-state index contributed by atoms with van der Waals surface area (Å²) in [6, 6.07) is 21.8. The first-order valence-electron chi connectivity index (χ1n) is 8.90. The van der Waals surface area contributed by atoms with E-state index in [1.807, 2.05) is 42.5 Å². The minimum absolute atomic E-state index is 0.0291. The summed E-state index contributed by atoms with van der Waals surface area (Å²) >= 11 is 5.99. The molecule has 5 nitrogen and oxygen atoms in total. The number of aromatic hydroxyl groups is 1. The SMILES string of the molecule is COC(=O)c1ccc2c(C(=Nc3ccc(Cl)cc3)c3ccccc3)c(O)[nH]c2c1. The summed E-state index contributed by atoms with van der Waals surface area (Å²) in [6.07, 6.45) is 0. The molecule has 0 aliphatic heterocycles. The van der Waals surface area contributed by atoms with E-state index in [1.165, 1.54) is 7.11 Å². The minimum atomic E-state index is -0.444. The highest BCUT2D eigenvalue weighted by molar-refractivity contribution is 6.30. The molecule has 4 rings (SSSR count). The van der Waals surface area contributed by atoms with Crippen LogP contribution in [-0.2, 0) is 4.74 Å². The Labute approximate surface area is 172 Å². The Kier molecular flexibility index (Phi) is 5.06. The zero-order chi connectivity index (χ0) is 20.4. The van der Waals surface area contributed by atoms with Crippen LogP contribution in [0.1, 0.15) is 21.5 Å². The monoisotopic (exact) mass is 404 g/mol. The van der Waals surface area contributed by atoms with E-state index in [1.54, 1.807) is 30.3 Å². The van der Waals surface area contributed by atoms with Gasteiger partial charge in [0, 0.05) is 21.5 Å². The van der Waals surface area contributed by atoms with Crippen molar-refractivity contribution in [1.82, 2.24) is 4.98 Å². The standard InChI is InChI=1S/C23H17ClN2O3/c1-29-23(28)15-7-12-18-19(13-15)26-22(27)20(18)21(14-5-3-2-4-6-14)25-17-10-8-16(24)9-11-17/h2-13,26-27H,1H3. The second kappa shape index (κ2) is 7.81. The van der Waals surface area contributed by atoms with E-state index in [0.717, 1.165) is 10.9 Å². The molecule has 29 heavy (non-hydrogen) atoms. The Morgan fingerprint density at radius 3 is 2.41 bits per heavy atom. The van der Waals surface area contributed by atoms with Gasteiger partial charge in [-0.25, -0.2) is 9.79 Å². The van der Waals surface area contributed by atoms with Crippen LogP contribution >= 0.6 is 11.6 Å². The van der Waals surface area contributed by atoms with Gasteiger partial charge in [-0.15, -0.1) is 0 Å². The molecular formula is C23H17ClN2O3. The molecule has 144 valence electrons. The number of hydrogen-bond donors (Lipinski definition) is 2. The second-order valence-electron chi connectivity index (χ2n) is 6.40. The van der Waals surface area contributed by atoms with Gasteiger partial charge in [-0.05, 0) is 36.4 Å². The highest BCUT2D eigenvalue weighted by atomic mass is 35.5. The number of ether oxygens (including phenoxy) is 1. The average molecular weight is 405 g/mol. The molecule has 0 unspecified atom stereocenters. The van der Waals surface area contributed by atoms with Crippen molar-refractivity contribution in [2.45, 2.75) is 0 Å². The van der Waals surface area contributed by atoms with Crippen molar-refractivity contribution in [2.24, 2.45) is 4.99 Å². The molecule has 3 aromatic carbocycles. The third kappa shape index (κ3) is 3.73. The normalized spacial score (nSPS) is 11.6. The van der Waals surface area contributed by atoms with Crippen LogP contribution in [0.25, 0.3) is 10.9 Å². The molecule has 0 amide bonds. The number of nitrogens with one attached hydrogen (secondary N) is 1. The van der Waals surface area contributed by atoms with Crippen molar-refractivity contribution < 1.29 is 14.6 Å². The Morgan fingerprint density at radius 2 is 1.72 bits per heavy atom. The summed E-state index contributed by atoms with van der Waals surface area (Å²) in [7, 11) is 1.33. The smallest absolute Gasteiger partial charge is 0.337 e. The number of hydrogen-bond acceptors (Lipinski definition) is 4. The lowest BCUT2D eigenvalue weighted by atomic mass is 10.00. The molecule has 0 atom stereocenters. The van der Waals surface area contributed by atoms with Crippen molar-refractivity contribution in [3.8, 4) is 5.88 Å². The highest BCUT2D eigenvalue weighted by Crippen LogP contribution is 2.32. The van der Waals surface area contributed by atoms with Crippen molar-refractivity contribution in [2.75, 3.05) is 7.11 Å². The summed E-state index contributed by atoms with van der Waals surface area (Å²) in [5.41, 5.74) is 3.70. The van der Waals surface area contributed by atoms with E-state index >= 15 is 0 Å². The summed E-state index contributed by atoms with van der Waals surface area (Å²) in [4.78, 5) is 19.6. The van der Waals surface area contributed by atoms with Crippen LogP contribution in [0.3, 0.4) is 0 Å².